The van der Waals surface area contributed by atoms with Crippen molar-refractivity contribution in [2.45, 2.75) is 39.0 Å². The fourth-order valence-corrected chi connectivity index (χ4v) is 2.04. The highest BCUT2D eigenvalue weighted by Gasteiger charge is 2.34. The summed E-state index contributed by atoms with van der Waals surface area (Å²) >= 11 is 0. The molecule has 0 saturated carbocycles. The van der Waals surface area contributed by atoms with Crippen LogP contribution in [0.1, 0.15) is 40.4 Å². The number of aldehydes is 1. The van der Waals surface area contributed by atoms with E-state index in [-0.39, 0.29) is 36.6 Å². The van der Waals surface area contributed by atoms with E-state index in [0.29, 0.717) is 25.8 Å². The summed E-state index contributed by atoms with van der Waals surface area (Å²) in [5, 5.41) is 2.34. The van der Waals surface area contributed by atoms with Gasteiger partial charge in [0.05, 0.1) is 6.54 Å². The maximum Gasteiger partial charge on any atom is 0.232 e. The summed E-state index contributed by atoms with van der Waals surface area (Å²) < 4.78 is 6.64. The number of hydrogen-bond acceptors (Lipinski definition) is 4. The van der Waals surface area contributed by atoms with Crippen molar-refractivity contribution in [2.24, 2.45) is 5.92 Å². The van der Waals surface area contributed by atoms with Gasteiger partial charge in [-0.25, -0.2) is 0 Å². The Morgan fingerprint density at radius 3 is 2.79 bits per heavy atom. The quantitative estimate of drug-likeness (QED) is 0.389. The first kappa shape index (κ1) is 13.7. The molecule has 1 aliphatic heterocycles. The Morgan fingerprint density at radius 2 is 2.21 bits per heavy atom. The van der Waals surface area contributed by atoms with Gasteiger partial charge in [0.25, 0.3) is 0 Å². The van der Waals surface area contributed by atoms with Crippen LogP contribution in [0, 0.1) is 5.92 Å². The van der Waals surface area contributed by atoms with E-state index < -0.39 is 6.26 Å². The zero-order valence-corrected chi connectivity index (χ0v) is 11.1. The molecule has 106 valence electrons. The Hall–Kier alpha value is -1.72. The normalized spacial score (nSPS) is 19.5. The lowest BCUT2D eigenvalue weighted by Gasteiger charge is -2.13. The molecule has 1 aliphatic rings. The average molecular weight is 269 g/mol. The molecule has 0 aromatic rings. The number of imide groups is 1. The maximum absolute atomic E-state index is 11.6. The molecule has 1 rings (SSSR count). The first-order chi connectivity index (χ1) is 9.41. The van der Waals surface area contributed by atoms with Gasteiger partial charge in [-0.1, -0.05) is 13.3 Å². The molecule has 0 aromatic carbocycles. The summed E-state index contributed by atoms with van der Waals surface area (Å²) in [7, 11) is 0. The Labute approximate surface area is 113 Å². The van der Waals surface area contributed by atoms with Crippen molar-refractivity contribution in [1.82, 2.24) is 10.2 Å². The van der Waals surface area contributed by atoms with Crippen molar-refractivity contribution in [2.75, 3.05) is 13.1 Å². The highest BCUT2D eigenvalue weighted by Crippen LogP contribution is 2.19. The second kappa shape index (κ2) is 7.66. The van der Waals surface area contributed by atoms with E-state index >= 15 is 0 Å². The fraction of sp³-hybridized carbons (Fsp3) is 0.692. The number of nitrogens with one attached hydrogen (secondary N) is 1. The fourth-order valence-electron chi connectivity index (χ4n) is 2.04. The van der Waals surface area contributed by atoms with Gasteiger partial charge in [0, 0.05) is 25.3 Å². The molecule has 0 aliphatic carbocycles. The number of carbonyl (C=O) groups excluding carboxylic acids is 4. The average Bonchev–Trinajstić information content (AvgIpc) is 2.62. The van der Waals surface area contributed by atoms with Crippen molar-refractivity contribution in [1.29, 1.82) is 0 Å². The van der Waals surface area contributed by atoms with Crippen molar-refractivity contribution in [3.05, 3.63) is 0 Å². The summed E-state index contributed by atoms with van der Waals surface area (Å²) in [6.45, 7) is 1.90. The van der Waals surface area contributed by atoms with E-state index in [9.17, 15) is 19.2 Å². The maximum atomic E-state index is 11.6. The summed E-state index contributed by atoms with van der Waals surface area (Å²) in [4.78, 5) is 46.0. The molecule has 0 aromatic heterocycles. The minimum Gasteiger partial charge on any atom is -0.349 e. The predicted molar refractivity (Wildman–Crippen MR) is 68.0 cm³/mol. The van der Waals surface area contributed by atoms with Gasteiger partial charge in [-0.15, -0.1) is 0 Å². The van der Waals surface area contributed by atoms with E-state index in [4.69, 9.17) is 1.37 Å². The second-order valence-electron chi connectivity index (χ2n) is 4.72. The number of hydrogen-bond donors (Lipinski definition) is 1. The zero-order valence-electron chi connectivity index (χ0n) is 12.1. The number of carbonyl (C=O) groups is 4. The predicted octanol–water partition coefficient (Wildman–Crippen LogP) is 0.257. The molecule has 1 heterocycles. The van der Waals surface area contributed by atoms with E-state index in [0.717, 1.165) is 6.42 Å². The standard InChI is InChI=1S/C13H20N2O4/c1-10-9-12(18)15(13(10)19)7-4-2-3-5-11(17)14-6-8-16/h8,10H,2-7,9H2,1H3,(H,14,17)/i8D. The Bertz CT molecular complexity index is 411. The van der Waals surface area contributed by atoms with Crippen LogP contribution in [0.15, 0.2) is 0 Å². The van der Waals surface area contributed by atoms with Crippen molar-refractivity contribution in [3.8, 4) is 0 Å². The highest BCUT2D eigenvalue weighted by atomic mass is 16.2. The molecule has 1 unspecified atom stereocenters. The molecule has 1 fully saturated rings. The van der Waals surface area contributed by atoms with Crippen molar-refractivity contribution in [3.63, 3.8) is 0 Å². The van der Waals surface area contributed by atoms with E-state index in [1.165, 1.54) is 4.90 Å². The molecule has 6 nitrogen and oxygen atoms in total. The summed E-state index contributed by atoms with van der Waals surface area (Å²) in [5.41, 5.74) is 0. The molecule has 1 N–H and O–H groups in total. The summed E-state index contributed by atoms with van der Waals surface area (Å²) in [6, 6.07) is 0. The Morgan fingerprint density at radius 1 is 1.47 bits per heavy atom. The number of rotatable bonds is 8. The molecule has 0 spiro atoms. The van der Waals surface area contributed by atoms with Gasteiger partial charge < -0.3 is 10.1 Å². The van der Waals surface area contributed by atoms with Crippen LogP contribution in [0.4, 0.5) is 0 Å². The molecule has 0 radical (unpaired) electrons. The van der Waals surface area contributed by atoms with E-state index in [1.54, 1.807) is 6.92 Å². The van der Waals surface area contributed by atoms with Crippen LogP contribution in [0.5, 0.6) is 0 Å². The van der Waals surface area contributed by atoms with Gasteiger partial charge in [0.2, 0.25) is 17.7 Å². The molecule has 19 heavy (non-hydrogen) atoms. The van der Waals surface area contributed by atoms with Gasteiger partial charge in [-0.3, -0.25) is 19.3 Å². The molecule has 0 bridgehead atoms. The number of nitrogens with zero attached hydrogens (tertiary/aromatic N) is 1. The third-order valence-electron chi connectivity index (χ3n) is 3.11. The number of likely N-dealkylation sites (tertiary alicyclic amines) is 1. The Balaban J connectivity index is 2.10. The lowest BCUT2D eigenvalue weighted by atomic mass is 10.1. The SMILES string of the molecule is [2H]C(=O)CNC(=O)CCCCCN1C(=O)CC(C)C1=O. The number of amides is 3. The van der Waals surface area contributed by atoms with Crippen LogP contribution in [-0.4, -0.2) is 42.0 Å². The molecule has 1 atom stereocenters. The zero-order chi connectivity index (χ0) is 15.1. The monoisotopic (exact) mass is 269 g/mol. The van der Waals surface area contributed by atoms with Gasteiger partial charge >= 0.3 is 0 Å². The van der Waals surface area contributed by atoms with E-state index in [2.05, 4.69) is 5.32 Å². The lowest BCUT2D eigenvalue weighted by Crippen LogP contribution is -2.31. The van der Waals surface area contributed by atoms with Crippen LogP contribution < -0.4 is 5.32 Å². The molecule has 6 heteroatoms. The van der Waals surface area contributed by atoms with Crippen LogP contribution in [0.3, 0.4) is 0 Å². The minimum atomic E-state index is -0.821. The van der Waals surface area contributed by atoms with Crippen molar-refractivity contribution < 1.29 is 20.5 Å². The van der Waals surface area contributed by atoms with Crippen LogP contribution in [0.25, 0.3) is 0 Å². The summed E-state index contributed by atoms with van der Waals surface area (Å²) in [6.07, 6.45) is 1.79. The molecule has 3 amide bonds. The van der Waals surface area contributed by atoms with Crippen molar-refractivity contribution >= 4 is 24.0 Å². The van der Waals surface area contributed by atoms with Crippen LogP contribution in [0.2, 0.25) is 0 Å². The lowest BCUT2D eigenvalue weighted by molar-refractivity contribution is -0.139. The largest absolute Gasteiger partial charge is 0.349 e. The molecule has 1 saturated heterocycles. The van der Waals surface area contributed by atoms with E-state index in [1.807, 2.05) is 0 Å². The summed E-state index contributed by atoms with van der Waals surface area (Å²) in [5.74, 6) is -0.695. The smallest absolute Gasteiger partial charge is 0.232 e. The molecular formula is C13H20N2O4. The Kier molecular flexibility index (Phi) is 5.52. The third-order valence-corrected chi connectivity index (χ3v) is 3.11. The minimum absolute atomic E-state index is 0.110. The van der Waals surface area contributed by atoms with Gasteiger partial charge in [-0.05, 0) is 12.8 Å². The number of unbranched alkanes of at least 4 members (excludes halogenated alkanes) is 2. The highest BCUT2D eigenvalue weighted by molar-refractivity contribution is 6.03. The van der Waals surface area contributed by atoms with Crippen LogP contribution in [-0.2, 0) is 19.2 Å². The topological polar surface area (TPSA) is 83.6 Å². The van der Waals surface area contributed by atoms with Gasteiger partial charge in [0.15, 0.2) is 0 Å². The van der Waals surface area contributed by atoms with Gasteiger partial charge in [-0.2, -0.15) is 0 Å². The second-order valence-corrected chi connectivity index (χ2v) is 4.72. The van der Waals surface area contributed by atoms with Crippen LogP contribution >= 0.6 is 0 Å². The molecular weight excluding hydrogens is 248 g/mol. The first-order valence-corrected chi connectivity index (χ1v) is 6.52. The third kappa shape index (κ3) is 4.81. The first-order valence-electron chi connectivity index (χ1n) is 7.02. The van der Waals surface area contributed by atoms with Gasteiger partial charge in [0.1, 0.15) is 7.63 Å².